The van der Waals surface area contributed by atoms with Crippen molar-refractivity contribution in [3.63, 3.8) is 0 Å². The van der Waals surface area contributed by atoms with E-state index in [-0.39, 0.29) is 0 Å². The summed E-state index contributed by atoms with van der Waals surface area (Å²) in [5.74, 6) is 1.73. The average molecular weight is 259 g/mol. The predicted molar refractivity (Wildman–Crippen MR) is 74.8 cm³/mol. The topological polar surface area (TPSA) is 55.6 Å². The third-order valence-corrected chi connectivity index (χ3v) is 2.92. The minimum absolute atomic E-state index is 0.676. The van der Waals surface area contributed by atoms with Crippen LogP contribution < -0.4 is 5.32 Å². The van der Waals surface area contributed by atoms with E-state index in [1.807, 2.05) is 24.7 Å². The molecule has 0 bridgehead atoms. The van der Waals surface area contributed by atoms with E-state index in [4.69, 9.17) is 0 Å². The number of rotatable bonds is 6. The largest absolute Gasteiger partial charge is 0.313 e. The second-order valence-corrected chi connectivity index (χ2v) is 4.70. The molecule has 19 heavy (non-hydrogen) atoms. The van der Waals surface area contributed by atoms with Gasteiger partial charge in [0.25, 0.3) is 0 Å². The summed E-state index contributed by atoms with van der Waals surface area (Å²) in [7, 11) is 0. The summed E-state index contributed by atoms with van der Waals surface area (Å²) >= 11 is 0. The van der Waals surface area contributed by atoms with E-state index in [1.54, 1.807) is 0 Å². The zero-order valence-electron chi connectivity index (χ0n) is 11.8. The molecule has 0 unspecified atom stereocenters. The molecule has 0 saturated carbocycles. The summed E-state index contributed by atoms with van der Waals surface area (Å²) in [6, 6.07) is 4.17. The summed E-state index contributed by atoms with van der Waals surface area (Å²) in [5, 5.41) is 7.71. The Morgan fingerprint density at radius 3 is 2.68 bits per heavy atom. The first-order valence-electron chi connectivity index (χ1n) is 6.71. The van der Waals surface area contributed by atoms with Crippen molar-refractivity contribution in [1.82, 2.24) is 25.1 Å². The molecule has 0 amide bonds. The molecule has 2 aromatic heterocycles. The minimum Gasteiger partial charge on any atom is -0.313 e. The van der Waals surface area contributed by atoms with Crippen LogP contribution in [0.5, 0.6) is 0 Å². The van der Waals surface area contributed by atoms with Gasteiger partial charge in [-0.2, -0.15) is 5.10 Å². The van der Waals surface area contributed by atoms with Crippen molar-refractivity contribution in [2.45, 2.75) is 40.3 Å². The van der Waals surface area contributed by atoms with E-state index in [1.165, 1.54) is 5.56 Å². The van der Waals surface area contributed by atoms with Crippen molar-refractivity contribution < 1.29 is 0 Å². The Hall–Kier alpha value is -1.75. The molecular formula is C14H21N5. The Balaban J connectivity index is 1.96. The maximum atomic E-state index is 4.47. The van der Waals surface area contributed by atoms with Crippen LogP contribution in [0.15, 0.2) is 18.3 Å². The molecule has 1 N–H and O–H groups in total. The molecule has 2 rings (SSSR count). The molecule has 2 heterocycles. The van der Waals surface area contributed by atoms with Gasteiger partial charge in [0.05, 0.1) is 12.2 Å². The van der Waals surface area contributed by atoms with Crippen molar-refractivity contribution >= 4 is 0 Å². The summed E-state index contributed by atoms with van der Waals surface area (Å²) in [5.41, 5.74) is 2.22. The Kier molecular flexibility index (Phi) is 4.63. The van der Waals surface area contributed by atoms with E-state index in [0.29, 0.717) is 6.54 Å². The average Bonchev–Trinajstić information content (AvgIpc) is 2.70. The lowest BCUT2D eigenvalue weighted by molar-refractivity contribution is 0.641. The molecule has 0 aliphatic carbocycles. The molecule has 0 saturated heterocycles. The smallest absolute Gasteiger partial charge is 0.147 e. The fourth-order valence-corrected chi connectivity index (χ4v) is 1.93. The first kappa shape index (κ1) is 13.7. The number of aryl methyl sites for hydroxylation is 2. The highest BCUT2D eigenvalue weighted by Gasteiger charge is 2.04. The number of aromatic nitrogens is 4. The normalized spacial score (nSPS) is 10.9. The first-order chi connectivity index (χ1) is 9.19. The number of hydrogen-bond donors (Lipinski definition) is 1. The van der Waals surface area contributed by atoms with Crippen molar-refractivity contribution in [2.24, 2.45) is 0 Å². The van der Waals surface area contributed by atoms with Gasteiger partial charge in [-0.25, -0.2) is 9.67 Å². The minimum atomic E-state index is 0.676. The van der Waals surface area contributed by atoms with Gasteiger partial charge in [0, 0.05) is 12.7 Å². The lowest BCUT2D eigenvalue weighted by atomic mass is 10.2. The van der Waals surface area contributed by atoms with E-state index in [0.717, 1.165) is 36.9 Å². The quantitative estimate of drug-likeness (QED) is 0.804. The Morgan fingerprint density at radius 2 is 2.11 bits per heavy atom. The summed E-state index contributed by atoms with van der Waals surface area (Å²) < 4.78 is 1.88. The van der Waals surface area contributed by atoms with E-state index in [9.17, 15) is 0 Å². The van der Waals surface area contributed by atoms with Crippen LogP contribution >= 0.6 is 0 Å². The molecular weight excluding hydrogens is 238 g/mol. The van der Waals surface area contributed by atoms with Gasteiger partial charge >= 0.3 is 0 Å². The van der Waals surface area contributed by atoms with Crippen molar-refractivity contribution in [1.29, 1.82) is 0 Å². The van der Waals surface area contributed by atoms with Crippen LogP contribution in [0, 0.1) is 13.8 Å². The van der Waals surface area contributed by atoms with Crippen molar-refractivity contribution in [3.8, 4) is 0 Å². The highest BCUT2D eigenvalue weighted by Crippen LogP contribution is 2.04. The number of nitrogens with one attached hydrogen (secondary N) is 1. The SMILES string of the molecule is CCCNCc1ccc(Cn2nc(C)nc2C)nc1. The molecule has 0 aliphatic rings. The van der Waals surface area contributed by atoms with Crippen LogP contribution in [-0.2, 0) is 13.1 Å². The molecule has 0 atom stereocenters. The Bertz CT molecular complexity index is 515. The Labute approximate surface area is 114 Å². The van der Waals surface area contributed by atoms with E-state index in [2.05, 4.69) is 39.4 Å². The molecule has 5 nitrogen and oxygen atoms in total. The van der Waals surface area contributed by atoms with Crippen LogP contribution in [0.25, 0.3) is 0 Å². The highest BCUT2D eigenvalue weighted by molar-refractivity contribution is 5.14. The lowest BCUT2D eigenvalue weighted by Gasteiger charge is -2.05. The summed E-state index contributed by atoms with van der Waals surface area (Å²) in [6.45, 7) is 8.62. The molecule has 102 valence electrons. The van der Waals surface area contributed by atoms with Crippen molar-refractivity contribution in [3.05, 3.63) is 41.2 Å². The molecule has 5 heteroatoms. The molecule has 0 radical (unpaired) electrons. The zero-order valence-corrected chi connectivity index (χ0v) is 11.8. The van der Waals surface area contributed by atoms with Gasteiger partial charge in [-0.15, -0.1) is 0 Å². The first-order valence-corrected chi connectivity index (χ1v) is 6.71. The molecule has 0 aromatic carbocycles. The second kappa shape index (κ2) is 6.43. The number of hydrogen-bond acceptors (Lipinski definition) is 4. The molecule has 0 spiro atoms. The second-order valence-electron chi connectivity index (χ2n) is 4.70. The summed E-state index contributed by atoms with van der Waals surface area (Å²) in [4.78, 5) is 8.76. The van der Waals surface area contributed by atoms with Crippen molar-refractivity contribution in [2.75, 3.05) is 6.54 Å². The van der Waals surface area contributed by atoms with Crippen LogP contribution in [0.1, 0.15) is 36.3 Å². The third kappa shape index (κ3) is 3.86. The van der Waals surface area contributed by atoms with Gasteiger partial charge in [0.1, 0.15) is 11.6 Å². The predicted octanol–water partition coefficient (Wildman–Crippen LogP) is 1.84. The number of pyridine rings is 1. The fourth-order valence-electron chi connectivity index (χ4n) is 1.93. The van der Waals surface area contributed by atoms with Crippen LogP contribution in [-0.4, -0.2) is 26.3 Å². The Morgan fingerprint density at radius 1 is 1.26 bits per heavy atom. The monoisotopic (exact) mass is 259 g/mol. The zero-order chi connectivity index (χ0) is 13.7. The lowest BCUT2D eigenvalue weighted by Crippen LogP contribution is -2.14. The van der Waals surface area contributed by atoms with Crippen LogP contribution in [0.3, 0.4) is 0 Å². The van der Waals surface area contributed by atoms with Gasteiger partial charge in [-0.05, 0) is 38.4 Å². The van der Waals surface area contributed by atoms with E-state index >= 15 is 0 Å². The molecule has 0 aliphatic heterocycles. The molecule has 2 aromatic rings. The van der Waals surface area contributed by atoms with Gasteiger partial charge < -0.3 is 5.32 Å². The van der Waals surface area contributed by atoms with Crippen LogP contribution in [0.4, 0.5) is 0 Å². The summed E-state index contributed by atoms with van der Waals surface area (Å²) in [6.07, 6.45) is 3.08. The molecule has 0 fully saturated rings. The maximum absolute atomic E-state index is 4.47. The highest BCUT2D eigenvalue weighted by atomic mass is 15.3. The van der Waals surface area contributed by atoms with Crippen LogP contribution in [0.2, 0.25) is 0 Å². The van der Waals surface area contributed by atoms with Gasteiger partial charge in [0.15, 0.2) is 0 Å². The van der Waals surface area contributed by atoms with E-state index < -0.39 is 0 Å². The van der Waals surface area contributed by atoms with Gasteiger partial charge in [-0.3, -0.25) is 4.98 Å². The fraction of sp³-hybridized carbons (Fsp3) is 0.500. The van der Waals surface area contributed by atoms with Gasteiger partial charge in [0.2, 0.25) is 0 Å². The third-order valence-electron chi connectivity index (χ3n) is 2.92. The number of nitrogens with zero attached hydrogens (tertiary/aromatic N) is 4. The van der Waals surface area contributed by atoms with Gasteiger partial charge in [-0.1, -0.05) is 13.0 Å². The maximum Gasteiger partial charge on any atom is 0.147 e. The standard InChI is InChI=1S/C14H21N5/c1-4-7-15-8-13-5-6-14(16-9-13)10-19-12(3)17-11(2)18-19/h5-6,9,15H,4,7-8,10H2,1-3H3.